The molecule has 0 spiro atoms. The number of benzene rings is 1. The van der Waals surface area contributed by atoms with Crippen LogP contribution in [-0.2, 0) is 11.2 Å². The van der Waals surface area contributed by atoms with Gasteiger partial charge in [0.05, 0.1) is 13.2 Å². The van der Waals surface area contributed by atoms with Crippen LogP contribution in [0.4, 0.5) is 0 Å². The molecule has 2 aromatic rings. The van der Waals surface area contributed by atoms with Crippen LogP contribution in [0.15, 0.2) is 29.4 Å². The van der Waals surface area contributed by atoms with Gasteiger partial charge in [0.1, 0.15) is 0 Å². The molecule has 1 aromatic carbocycles. The smallest absolute Gasteiger partial charge is 0.188 e. The van der Waals surface area contributed by atoms with Crippen LogP contribution in [0.25, 0.3) is 10.9 Å². The number of guanidine groups is 1. The average molecular weight is 274 g/mol. The Morgan fingerprint density at radius 2 is 2.30 bits per heavy atom. The minimum absolute atomic E-state index is 0.470. The third-order valence-corrected chi connectivity index (χ3v) is 3.20. The highest BCUT2D eigenvalue weighted by Gasteiger charge is 2.03. The van der Waals surface area contributed by atoms with E-state index >= 15 is 0 Å². The van der Waals surface area contributed by atoms with Crippen LogP contribution in [0, 0.1) is 6.92 Å². The number of nitrogens with two attached hydrogens (primary N) is 1. The molecule has 0 radical (unpaired) electrons. The van der Waals surface area contributed by atoms with Crippen molar-refractivity contribution in [1.29, 1.82) is 0 Å². The molecular weight excluding hydrogens is 252 g/mol. The van der Waals surface area contributed by atoms with E-state index in [1.165, 1.54) is 22.0 Å². The molecule has 0 aliphatic carbocycles. The molecule has 4 N–H and O–H groups in total. The van der Waals surface area contributed by atoms with Crippen molar-refractivity contribution in [2.75, 3.05) is 26.8 Å². The number of hydrogen-bond acceptors (Lipinski definition) is 2. The Labute approximate surface area is 119 Å². The van der Waals surface area contributed by atoms with E-state index in [1.54, 1.807) is 7.11 Å². The number of hydrogen-bond donors (Lipinski definition) is 3. The SMILES string of the molecule is COCCN=C(N)NCCc1c[nH]c2cc(C)ccc12. The Kier molecular flexibility index (Phi) is 5.01. The Balaban J connectivity index is 1.88. The summed E-state index contributed by atoms with van der Waals surface area (Å²) in [7, 11) is 1.65. The van der Waals surface area contributed by atoms with Gasteiger partial charge in [0.25, 0.3) is 0 Å². The number of ether oxygens (including phenoxy) is 1. The number of H-pyrrole nitrogens is 1. The molecule has 5 nitrogen and oxygen atoms in total. The Morgan fingerprint density at radius 3 is 3.10 bits per heavy atom. The van der Waals surface area contributed by atoms with Crippen LogP contribution < -0.4 is 11.1 Å². The van der Waals surface area contributed by atoms with Crippen LogP contribution >= 0.6 is 0 Å². The third kappa shape index (κ3) is 3.74. The lowest BCUT2D eigenvalue weighted by Gasteiger charge is -2.05. The number of nitrogens with zero attached hydrogens (tertiary/aromatic N) is 1. The number of aliphatic imine (C=N–C) groups is 1. The summed E-state index contributed by atoms with van der Waals surface area (Å²) < 4.78 is 4.92. The van der Waals surface area contributed by atoms with Gasteiger partial charge in [0, 0.05) is 30.8 Å². The number of fused-ring (bicyclic) bond motifs is 1. The first kappa shape index (κ1) is 14.4. The summed E-state index contributed by atoms with van der Waals surface area (Å²) >= 11 is 0. The number of nitrogens with one attached hydrogen (secondary N) is 2. The van der Waals surface area contributed by atoms with Crippen molar-refractivity contribution >= 4 is 16.9 Å². The first-order chi connectivity index (χ1) is 9.70. The van der Waals surface area contributed by atoms with E-state index in [0.29, 0.717) is 19.1 Å². The molecule has 1 aromatic heterocycles. The number of aryl methyl sites for hydroxylation is 1. The second-order valence-corrected chi connectivity index (χ2v) is 4.80. The molecule has 0 saturated carbocycles. The number of rotatable bonds is 6. The molecule has 2 rings (SSSR count). The Bertz CT molecular complexity index is 589. The van der Waals surface area contributed by atoms with Crippen molar-refractivity contribution in [1.82, 2.24) is 10.3 Å². The average Bonchev–Trinajstić information content (AvgIpc) is 2.81. The van der Waals surface area contributed by atoms with Gasteiger partial charge >= 0.3 is 0 Å². The standard InChI is InChI=1S/C15H22N4O/c1-11-3-4-13-12(10-19-14(13)9-11)5-6-17-15(16)18-7-8-20-2/h3-4,9-10,19H,5-8H2,1-2H3,(H3,16,17,18). The molecule has 0 saturated heterocycles. The van der Waals surface area contributed by atoms with Gasteiger partial charge in [-0.05, 0) is 30.5 Å². The summed E-state index contributed by atoms with van der Waals surface area (Å²) in [6, 6.07) is 6.45. The van der Waals surface area contributed by atoms with Gasteiger partial charge in [-0.25, -0.2) is 0 Å². The van der Waals surface area contributed by atoms with Gasteiger partial charge in [0.15, 0.2) is 5.96 Å². The highest BCUT2D eigenvalue weighted by molar-refractivity contribution is 5.84. The van der Waals surface area contributed by atoms with Crippen molar-refractivity contribution in [3.8, 4) is 0 Å². The summed E-state index contributed by atoms with van der Waals surface area (Å²) in [5.41, 5.74) is 9.50. The monoisotopic (exact) mass is 274 g/mol. The van der Waals surface area contributed by atoms with Crippen LogP contribution in [-0.4, -0.2) is 37.7 Å². The zero-order valence-corrected chi connectivity index (χ0v) is 12.1. The molecule has 1 heterocycles. The number of aromatic nitrogens is 1. The highest BCUT2D eigenvalue weighted by Crippen LogP contribution is 2.19. The van der Waals surface area contributed by atoms with Crippen molar-refractivity contribution in [2.45, 2.75) is 13.3 Å². The quantitative estimate of drug-likeness (QED) is 0.425. The maximum Gasteiger partial charge on any atom is 0.188 e. The fraction of sp³-hybridized carbons (Fsp3) is 0.400. The third-order valence-electron chi connectivity index (χ3n) is 3.20. The van der Waals surface area contributed by atoms with E-state index in [9.17, 15) is 0 Å². The molecule has 0 aliphatic heterocycles. The molecule has 0 fully saturated rings. The predicted molar refractivity (Wildman–Crippen MR) is 83.1 cm³/mol. The summed E-state index contributed by atoms with van der Waals surface area (Å²) in [5.74, 6) is 0.470. The van der Waals surface area contributed by atoms with Gasteiger partial charge < -0.3 is 20.8 Å². The molecule has 0 unspecified atom stereocenters. The van der Waals surface area contributed by atoms with Gasteiger partial charge in [-0.15, -0.1) is 0 Å². The molecule has 20 heavy (non-hydrogen) atoms. The van der Waals surface area contributed by atoms with Gasteiger partial charge in [-0.1, -0.05) is 12.1 Å². The van der Waals surface area contributed by atoms with Crippen molar-refractivity contribution in [2.24, 2.45) is 10.7 Å². The molecule has 0 aliphatic rings. The van der Waals surface area contributed by atoms with E-state index in [4.69, 9.17) is 10.5 Å². The number of methoxy groups -OCH3 is 1. The van der Waals surface area contributed by atoms with Crippen LogP contribution in [0.5, 0.6) is 0 Å². The molecule has 0 amide bonds. The largest absolute Gasteiger partial charge is 0.383 e. The first-order valence-corrected chi connectivity index (χ1v) is 6.80. The summed E-state index contributed by atoms with van der Waals surface area (Å²) in [6.45, 7) is 4.04. The molecular formula is C15H22N4O. The fourth-order valence-corrected chi connectivity index (χ4v) is 2.15. The van der Waals surface area contributed by atoms with E-state index in [0.717, 1.165) is 13.0 Å². The minimum atomic E-state index is 0.470. The van der Waals surface area contributed by atoms with E-state index in [-0.39, 0.29) is 0 Å². The predicted octanol–water partition coefficient (Wildman–Crippen LogP) is 1.57. The van der Waals surface area contributed by atoms with Crippen molar-refractivity contribution in [3.63, 3.8) is 0 Å². The first-order valence-electron chi connectivity index (χ1n) is 6.80. The topological polar surface area (TPSA) is 75.4 Å². The second kappa shape index (κ2) is 6.96. The molecule has 0 bridgehead atoms. The maximum atomic E-state index is 5.76. The lowest BCUT2D eigenvalue weighted by Crippen LogP contribution is -2.33. The molecule has 0 atom stereocenters. The zero-order chi connectivity index (χ0) is 14.4. The zero-order valence-electron chi connectivity index (χ0n) is 12.1. The highest BCUT2D eigenvalue weighted by atomic mass is 16.5. The number of aromatic amines is 1. The van der Waals surface area contributed by atoms with Gasteiger partial charge in [-0.2, -0.15) is 0 Å². The van der Waals surface area contributed by atoms with Gasteiger partial charge in [0.2, 0.25) is 0 Å². The van der Waals surface area contributed by atoms with E-state index < -0.39 is 0 Å². The summed E-state index contributed by atoms with van der Waals surface area (Å²) in [4.78, 5) is 7.46. The maximum absolute atomic E-state index is 5.76. The molecule has 108 valence electrons. The Morgan fingerprint density at radius 1 is 1.45 bits per heavy atom. The van der Waals surface area contributed by atoms with Gasteiger partial charge in [-0.3, -0.25) is 4.99 Å². The summed E-state index contributed by atoms with van der Waals surface area (Å²) in [6.07, 6.45) is 2.97. The summed E-state index contributed by atoms with van der Waals surface area (Å²) in [5, 5.41) is 4.38. The van der Waals surface area contributed by atoms with Crippen molar-refractivity contribution in [3.05, 3.63) is 35.5 Å². The van der Waals surface area contributed by atoms with Crippen LogP contribution in [0.3, 0.4) is 0 Å². The van der Waals surface area contributed by atoms with E-state index in [2.05, 4.69) is 46.6 Å². The lowest BCUT2D eigenvalue weighted by atomic mass is 10.1. The lowest BCUT2D eigenvalue weighted by molar-refractivity contribution is 0.208. The normalized spacial score (nSPS) is 12.0. The van der Waals surface area contributed by atoms with Crippen LogP contribution in [0.1, 0.15) is 11.1 Å². The fourth-order valence-electron chi connectivity index (χ4n) is 2.15. The molecule has 5 heteroatoms. The van der Waals surface area contributed by atoms with Crippen LogP contribution in [0.2, 0.25) is 0 Å². The minimum Gasteiger partial charge on any atom is -0.383 e. The second-order valence-electron chi connectivity index (χ2n) is 4.80. The van der Waals surface area contributed by atoms with Crippen molar-refractivity contribution < 1.29 is 4.74 Å². The Hall–Kier alpha value is -2.01. The van der Waals surface area contributed by atoms with E-state index in [1.807, 2.05) is 0 Å².